The van der Waals surface area contributed by atoms with E-state index in [1.807, 2.05) is 0 Å². The second-order valence-corrected chi connectivity index (χ2v) is 6.31. The van der Waals surface area contributed by atoms with Gasteiger partial charge in [0.1, 0.15) is 10.8 Å². The van der Waals surface area contributed by atoms with Crippen molar-refractivity contribution in [2.45, 2.75) is 27.2 Å². The lowest BCUT2D eigenvalue weighted by Gasteiger charge is -2.06. The molecule has 0 spiro atoms. The third-order valence-electron chi connectivity index (χ3n) is 2.79. The van der Waals surface area contributed by atoms with Crippen LogP contribution in [0.25, 0.3) is 0 Å². The zero-order valence-corrected chi connectivity index (χ0v) is 12.9. The van der Waals surface area contributed by atoms with Crippen molar-refractivity contribution >= 4 is 28.1 Å². The number of carbonyl (C=O) groups is 1. The van der Waals surface area contributed by atoms with E-state index >= 15 is 0 Å². The molecule has 0 aliphatic heterocycles. The Morgan fingerprint density at radius 3 is 2.81 bits per heavy atom. The van der Waals surface area contributed by atoms with Gasteiger partial charge in [-0.3, -0.25) is 10.1 Å². The molecule has 1 aromatic heterocycles. The quantitative estimate of drug-likeness (QED) is 0.851. The smallest absolute Gasteiger partial charge is 0.260 e. The monoisotopic (exact) mass is 308 g/mol. The number of amides is 1. The van der Waals surface area contributed by atoms with Gasteiger partial charge in [0.25, 0.3) is 5.91 Å². The predicted octanol–water partition coefficient (Wildman–Crippen LogP) is 3.02. The van der Waals surface area contributed by atoms with Gasteiger partial charge in [0.15, 0.2) is 0 Å². The summed E-state index contributed by atoms with van der Waals surface area (Å²) in [5.41, 5.74) is 6.23. The number of rotatable bonds is 4. The van der Waals surface area contributed by atoms with Gasteiger partial charge < -0.3 is 5.73 Å². The molecule has 0 saturated carbocycles. The van der Waals surface area contributed by atoms with Crippen molar-refractivity contribution in [2.75, 3.05) is 11.1 Å². The molecular weight excluding hydrogens is 291 g/mol. The zero-order chi connectivity index (χ0) is 15.6. The van der Waals surface area contributed by atoms with Gasteiger partial charge >= 0.3 is 0 Å². The number of halogens is 1. The molecule has 112 valence electrons. The fourth-order valence-electron chi connectivity index (χ4n) is 1.86. The van der Waals surface area contributed by atoms with Crippen LogP contribution in [0.1, 0.15) is 34.8 Å². The predicted molar refractivity (Wildman–Crippen MR) is 82.0 cm³/mol. The van der Waals surface area contributed by atoms with E-state index in [9.17, 15) is 9.18 Å². The van der Waals surface area contributed by atoms with Crippen LogP contribution < -0.4 is 11.1 Å². The van der Waals surface area contributed by atoms with E-state index in [1.165, 1.54) is 23.5 Å². The van der Waals surface area contributed by atoms with Gasteiger partial charge in [-0.15, -0.1) is 10.2 Å². The molecule has 0 fully saturated rings. The summed E-state index contributed by atoms with van der Waals surface area (Å²) in [4.78, 5) is 12.1. The first kappa shape index (κ1) is 15.4. The van der Waals surface area contributed by atoms with Crippen LogP contribution in [-0.2, 0) is 6.42 Å². The summed E-state index contributed by atoms with van der Waals surface area (Å²) in [6.45, 7) is 5.71. The number of nitrogens with one attached hydrogen (secondary N) is 1. The molecule has 0 bridgehead atoms. The standard InChI is InChI=1S/C14H17FN4OS/c1-7(2)4-11-18-19-14(21-11)17-13(20)10-6-9(16)5-8(3)12(10)15/h5-7H,4,16H2,1-3H3,(H,17,19,20). The van der Waals surface area contributed by atoms with Gasteiger partial charge in [-0.1, -0.05) is 25.2 Å². The summed E-state index contributed by atoms with van der Waals surface area (Å²) in [7, 11) is 0. The van der Waals surface area contributed by atoms with E-state index in [4.69, 9.17) is 5.73 Å². The average molecular weight is 308 g/mol. The number of anilines is 2. The van der Waals surface area contributed by atoms with Crippen LogP contribution in [-0.4, -0.2) is 16.1 Å². The minimum Gasteiger partial charge on any atom is -0.399 e. The molecule has 1 aromatic carbocycles. The fraction of sp³-hybridized carbons (Fsp3) is 0.357. The lowest BCUT2D eigenvalue weighted by molar-refractivity contribution is 0.102. The van der Waals surface area contributed by atoms with Gasteiger partial charge in [0.2, 0.25) is 5.13 Å². The maximum absolute atomic E-state index is 14.0. The van der Waals surface area contributed by atoms with Crippen molar-refractivity contribution in [1.29, 1.82) is 0 Å². The zero-order valence-electron chi connectivity index (χ0n) is 12.1. The van der Waals surface area contributed by atoms with Crippen LogP contribution in [0.5, 0.6) is 0 Å². The topological polar surface area (TPSA) is 80.9 Å². The Labute approximate surface area is 126 Å². The van der Waals surface area contributed by atoms with Crippen LogP contribution in [0.15, 0.2) is 12.1 Å². The molecule has 2 aromatic rings. The van der Waals surface area contributed by atoms with Gasteiger partial charge in [-0.05, 0) is 30.5 Å². The molecule has 0 aliphatic carbocycles. The van der Waals surface area contributed by atoms with Crippen LogP contribution in [0, 0.1) is 18.7 Å². The Morgan fingerprint density at radius 2 is 2.14 bits per heavy atom. The highest BCUT2D eigenvalue weighted by molar-refractivity contribution is 7.15. The molecule has 5 nitrogen and oxygen atoms in total. The molecule has 0 saturated heterocycles. The molecule has 7 heteroatoms. The molecule has 3 N–H and O–H groups in total. The second kappa shape index (κ2) is 6.17. The molecule has 1 amide bonds. The first-order valence-corrected chi connectivity index (χ1v) is 7.37. The van der Waals surface area contributed by atoms with Crippen molar-refractivity contribution < 1.29 is 9.18 Å². The molecule has 0 unspecified atom stereocenters. The van der Waals surface area contributed by atoms with E-state index in [1.54, 1.807) is 6.92 Å². The van der Waals surface area contributed by atoms with E-state index in [-0.39, 0.29) is 5.56 Å². The van der Waals surface area contributed by atoms with Gasteiger partial charge in [-0.25, -0.2) is 4.39 Å². The van der Waals surface area contributed by atoms with Crippen molar-refractivity contribution in [3.63, 3.8) is 0 Å². The molecule has 0 atom stereocenters. The molecule has 21 heavy (non-hydrogen) atoms. The second-order valence-electron chi connectivity index (χ2n) is 5.25. The maximum Gasteiger partial charge on any atom is 0.260 e. The molecule has 2 rings (SSSR count). The Hall–Kier alpha value is -2.02. The van der Waals surface area contributed by atoms with Crippen molar-refractivity contribution in [2.24, 2.45) is 5.92 Å². The third-order valence-corrected chi connectivity index (χ3v) is 3.65. The number of benzene rings is 1. The number of nitrogen functional groups attached to an aromatic ring is 1. The third kappa shape index (κ3) is 3.75. The lowest BCUT2D eigenvalue weighted by atomic mass is 10.1. The molecule has 1 heterocycles. The summed E-state index contributed by atoms with van der Waals surface area (Å²) in [5.74, 6) is -0.695. The van der Waals surface area contributed by atoms with E-state index in [0.29, 0.717) is 22.3 Å². The van der Waals surface area contributed by atoms with Gasteiger partial charge in [0.05, 0.1) is 5.56 Å². The van der Waals surface area contributed by atoms with Crippen molar-refractivity contribution in [1.82, 2.24) is 10.2 Å². The summed E-state index contributed by atoms with van der Waals surface area (Å²) < 4.78 is 14.0. The summed E-state index contributed by atoms with van der Waals surface area (Å²) in [5, 5.41) is 11.6. The number of aryl methyl sites for hydroxylation is 1. The normalized spacial score (nSPS) is 10.9. The molecule has 0 aliphatic rings. The van der Waals surface area contributed by atoms with Crippen LogP contribution in [0.4, 0.5) is 15.2 Å². The van der Waals surface area contributed by atoms with E-state index in [2.05, 4.69) is 29.4 Å². The maximum atomic E-state index is 14.0. The van der Waals surface area contributed by atoms with E-state index < -0.39 is 11.7 Å². The van der Waals surface area contributed by atoms with Crippen molar-refractivity contribution in [3.8, 4) is 0 Å². The molecule has 0 radical (unpaired) electrons. The summed E-state index contributed by atoms with van der Waals surface area (Å²) in [6, 6.07) is 2.80. The van der Waals surface area contributed by atoms with Crippen LogP contribution in [0.2, 0.25) is 0 Å². The van der Waals surface area contributed by atoms with Crippen LogP contribution in [0.3, 0.4) is 0 Å². The Bertz CT molecular complexity index is 669. The molecular formula is C14H17FN4OS. The van der Waals surface area contributed by atoms with Gasteiger partial charge in [-0.2, -0.15) is 0 Å². The number of aromatic nitrogens is 2. The minimum atomic E-state index is -0.575. The van der Waals surface area contributed by atoms with Crippen molar-refractivity contribution in [3.05, 3.63) is 34.1 Å². The SMILES string of the molecule is Cc1cc(N)cc(C(=O)Nc2nnc(CC(C)C)s2)c1F. The first-order chi connectivity index (χ1) is 9.86. The Morgan fingerprint density at radius 1 is 1.43 bits per heavy atom. The summed E-state index contributed by atoms with van der Waals surface area (Å²) in [6.07, 6.45) is 0.791. The minimum absolute atomic E-state index is 0.0897. The number of nitrogens with zero attached hydrogens (tertiary/aromatic N) is 2. The van der Waals surface area contributed by atoms with Crippen LogP contribution >= 0.6 is 11.3 Å². The highest BCUT2D eigenvalue weighted by Crippen LogP contribution is 2.21. The lowest BCUT2D eigenvalue weighted by Crippen LogP contribution is -2.14. The number of carbonyl (C=O) groups excluding carboxylic acids is 1. The highest BCUT2D eigenvalue weighted by Gasteiger charge is 2.17. The van der Waals surface area contributed by atoms with E-state index in [0.717, 1.165) is 11.4 Å². The number of nitrogens with two attached hydrogens (primary N) is 1. The first-order valence-electron chi connectivity index (χ1n) is 6.56. The van der Waals surface area contributed by atoms with Gasteiger partial charge in [0, 0.05) is 12.1 Å². The summed E-state index contributed by atoms with van der Waals surface area (Å²) >= 11 is 1.29. The fourth-order valence-corrected chi connectivity index (χ4v) is 2.81. The highest BCUT2D eigenvalue weighted by atomic mass is 32.1. The number of hydrogen-bond acceptors (Lipinski definition) is 5. The average Bonchev–Trinajstić information content (AvgIpc) is 2.80. The Balaban J connectivity index is 2.16. The largest absolute Gasteiger partial charge is 0.399 e. The number of hydrogen-bond donors (Lipinski definition) is 2. The Kier molecular flexibility index (Phi) is 4.52.